The summed E-state index contributed by atoms with van der Waals surface area (Å²) in [5.41, 5.74) is 1.61. The summed E-state index contributed by atoms with van der Waals surface area (Å²) in [4.78, 5) is 29.8. The standard InChI is InChI=1S/C24H25N3O3/c28-22(21-13-7-15-27(24(21)29)17-18-8-2-1-3-9-18)26-16-19-10-6-14-25-23(19)30-20-11-4-5-12-20/h1-3,6-10,13-15,20H,4-5,11-12,16-17H2,(H,26,28). The molecule has 0 unspecified atom stereocenters. The third-order valence-corrected chi connectivity index (χ3v) is 5.33. The molecule has 0 atom stereocenters. The van der Waals surface area contributed by atoms with Crippen molar-refractivity contribution in [2.75, 3.05) is 0 Å². The van der Waals surface area contributed by atoms with Gasteiger partial charge in [0, 0.05) is 24.5 Å². The Morgan fingerprint density at radius 2 is 1.87 bits per heavy atom. The van der Waals surface area contributed by atoms with E-state index < -0.39 is 5.91 Å². The number of carbonyl (C=O) groups excluding carboxylic acids is 1. The summed E-state index contributed by atoms with van der Waals surface area (Å²) in [5.74, 6) is 0.150. The van der Waals surface area contributed by atoms with Gasteiger partial charge in [-0.1, -0.05) is 36.4 Å². The minimum absolute atomic E-state index is 0.121. The van der Waals surface area contributed by atoms with Crippen molar-refractivity contribution in [1.82, 2.24) is 14.9 Å². The molecule has 0 spiro atoms. The Kier molecular flexibility index (Phi) is 6.23. The lowest BCUT2D eigenvalue weighted by molar-refractivity contribution is 0.0948. The molecule has 0 radical (unpaired) electrons. The number of hydrogen-bond donors (Lipinski definition) is 1. The fourth-order valence-electron chi connectivity index (χ4n) is 3.71. The highest BCUT2D eigenvalue weighted by atomic mass is 16.5. The van der Waals surface area contributed by atoms with Gasteiger partial charge in [0.2, 0.25) is 5.88 Å². The van der Waals surface area contributed by atoms with Crippen LogP contribution in [0.15, 0.2) is 71.8 Å². The highest BCUT2D eigenvalue weighted by molar-refractivity contribution is 5.93. The van der Waals surface area contributed by atoms with Crippen LogP contribution in [-0.2, 0) is 13.1 Å². The molecule has 1 N–H and O–H groups in total. The third kappa shape index (κ3) is 4.76. The number of rotatable bonds is 7. The van der Waals surface area contributed by atoms with Gasteiger partial charge in [-0.05, 0) is 49.4 Å². The second kappa shape index (κ2) is 9.39. The number of nitrogens with one attached hydrogen (secondary N) is 1. The first-order valence-corrected chi connectivity index (χ1v) is 10.3. The van der Waals surface area contributed by atoms with Crippen molar-refractivity contribution in [3.8, 4) is 5.88 Å². The fourth-order valence-corrected chi connectivity index (χ4v) is 3.71. The highest BCUT2D eigenvalue weighted by Gasteiger charge is 2.19. The maximum absolute atomic E-state index is 12.8. The van der Waals surface area contributed by atoms with Gasteiger partial charge in [-0.2, -0.15) is 0 Å². The second-order valence-corrected chi connectivity index (χ2v) is 7.52. The van der Waals surface area contributed by atoms with Gasteiger partial charge in [0.15, 0.2) is 0 Å². The molecule has 3 aromatic rings. The minimum Gasteiger partial charge on any atom is -0.474 e. The molecular formula is C24H25N3O3. The Balaban J connectivity index is 1.45. The van der Waals surface area contributed by atoms with Crippen LogP contribution in [0.3, 0.4) is 0 Å². The summed E-state index contributed by atoms with van der Waals surface area (Å²) in [7, 11) is 0. The lowest BCUT2D eigenvalue weighted by Crippen LogP contribution is -2.32. The number of benzene rings is 1. The molecule has 1 aromatic carbocycles. The summed E-state index contributed by atoms with van der Waals surface area (Å²) in [5, 5.41) is 2.84. The van der Waals surface area contributed by atoms with E-state index >= 15 is 0 Å². The molecule has 0 saturated heterocycles. The molecule has 2 heterocycles. The molecule has 1 fully saturated rings. The first-order chi connectivity index (χ1) is 14.7. The number of carbonyl (C=O) groups is 1. The summed E-state index contributed by atoms with van der Waals surface area (Å²) in [6.07, 6.45) is 7.99. The SMILES string of the molecule is O=C(NCc1cccnc1OC1CCCC1)c1cccn(Cc2ccccc2)c1=O. The molecule has 4 rings (SSSR count). The first-order valence-electron chi connectivity index (χ1n) is 10.3. The average molecular weight is 403 g/mol. The highest BCUT2D eigenvalue weighted by Crippen LogP contribution is 2.24. The molecule has 30 heavy (non-hydrogen) atoms. The lowest BCUT2D eigenvalue weighted by Gasteiger charge is -2.15. The Bertz CT molecular complexity index is 1060. The van der Waals surface area contributed by atoms with E-state index in [4.69, 9.17) is 4.74 Å². The molecule has 6 heteroatoms. The minimum atomic E-state index is -0.405. The Hall–Kier alpha value is -3.41. The van der Waals surface area contributed by atoms with Crippen LogP contribution in [0, 0.1) is 0 Å². The molecule has 154 valence electrons. The van der Waals surface area contributed by atoms with Crippen LogP contribution in [0.5, 0.6) is 5.88 Å². The van der Waals surface area contributed by atoms with E-state index in [1.165, 1.54) is 12.8 Å². The van der Waals surface area contributed by atoms with E-state index in [0.29, 0.717) is 12.4 Å². The zero-order chi connectivity index (χ0) is 20.8. The summed E-state index contributed by atoms with van der Waals surface area (Å²) in [6.45, 7) is 0.671. The number of nitrogens with zero attached hydrogens (tertiary/aromatic N) is 2. The van der Waals surface area contributed by atoms with E-state index in [9.17, 15) is 9.59 Å². The molecule has 1 aliphatic rings. The largest absolute Gasteiger partial charge is 0.474 e. The predicted molar refractivity (Wildman–Crippen MR) is 115 cm³/mol. The van der Waals surface area contributed by atoms with Crippen LogP contribution >= 0.6 is 0 Å². The Morgan fingerprint density at radius 1 is 1.07 bits per heavy atom. The third-order valence-electron chi connectivity index (χ3n) is 5.33. The van der Waals surface area contributed by atoms with Crippen molar-refractivity contribution in [2.45, 2.75) is 44.9 Å². The van der Waals surface area contributed by atoms with Gasteiger partial charge in [-0.15, -0.1) is 0 Å². The molecule has 1 amide bonds. The molecular weight excluding hydrogens is 378 g/mol. The van der Waals surface area contributed by atoms with Gasteiger partial charge in [0.25, 0.3) is 11.5 Å². The van der Waals surface area contributed by atoms with Crippen molar-refractivity contribution in [2.24, 2.45) is 0 Å². The van der Waals surface area contributed by atoms with Crippen molar-refractivity contribution >= 4 is 5.91 Å². The molecule has 0 bridgehead atoms. The summed E-state index contributed by atoms with van der Waals surface area (Å²) < 4.78 is 7.57. The fraction of sp³-hybridized carbons (Fsp3) is 0.292. The van der Waals surface area contributed by atoms with Crippen molar-refractivity contribution in [3.05, 3.63) is 94.0 Å². The number of amides is 1. The Morgan fingerprint density at radius 3 is 2.67 bits per heavy atom. The van der Waals surface area contributed by atoms with Crippen LogP contribution in [0.4, 0.5) is 0 Å². The molecule has 1 aliphatic carbocycles. The van der Waals surface area contributed by atoms with Gasteiger partial charge in [0.1, 0.15) is 11.7 Å². The van der Waals surface area contributed by atoms with Gasteiger partial charge in [0.05, 0.1) is 6.54 Å². The zero-order valence-corrected chi connectivity index (χ0v) is 16.8. The molecule has 6 nitrogen and oxygen atoms in total. The summed E-state index contributed by atoms with van der Waals surface area (Å²) >= 11 is 0. The van der Waals surface area contributed by atoms with E-state index in [2.05, 4.69) is 10.3 Å². The van der Waals surface area contributed by atoms with Crippen LogP contribution in [0.1, 0.15) is 47.2 Å². The first kappa shape index (κ1) is 19.9. The summed E-state index contributed by atoms with van der Waals surface area (Å²) in [6, 6.07) is 16.7. The van der Waals surface area contributed by atoms with E-state index in [1.807, 2.05) is 42.5 Å². The van der Waals surface area contributed by atoms with Gasteiger partial charge >= 0.3 is 0 Å². The smallest absolute Gasteiger partial charge is 0.263 e. The predicted octanol–water partition coefficient (Wildman–Crippen LogP) is 3.54. The molecule has 0 aliphatic heterocycles. The van der Waals surface area contributed by atoms with Crippen molar-refractivity contribution in [3.63, 3.8) is 0 Å². The quantitative estimate of drug-likeness (QED) is 0.655. The van der Waals surface area contributed by atoms with Crippen LogP contribution in [0.25, 0.3) is 0 Å². The van der Waals surface area contributed by atoms with E-state index in [-0.39, 0.29) is 23.8 Å². The average Bonchev–Trinajstić information content (AvgIpc) is 3.28. The van der Waals surface area contributed by atoms with Gasteiger partial charge in [-0.25, -0.2) is 4.98 Å². The van der Waals surface area contributed by atoms with Crippen LogP contribution < -0.4 is 15.6 Å². The van der Waals surface area contributed by atoms with Crippen LogP contribution in [0.2, 0.25) is 0 Å². The monoisotopic (exact) mass is 403 g/mol. The maximum Gasteiger partial charge on any atom is 0.263 e. The number of pyridine rings is 2. The normalized spacial score (nSPS) is 13.9. The molecule has 1 saturated carbocycles. The zero-order valence-electron chi connectivity index (χ0n) is 16.8. The van der Waals surface area contributed by atoms with E-state index in [1.54, 1.807) is 29.1 Å². The van der Waals surface area contributed by atoms with Crippen molar-refractivity contribution in [1.29, 1.82) is 0 Å². The number of aromatic nitrogens is 2. The van der Waals surface area contributed by atoms with E-state index in [0.717, 1.165) is 24.0 Å². The van der Waals surface area contributed by atoms with Crippen molar-refractivity contribution < 1.29 is 9.53 Å². The lowest BCUT2D eigenvalue weighted by atomic mass is 10.2. The molecule has 2 aromatic heterocycles. The number of ether oxygens (including phenoxy) is 1. The number of hydrogen-bond acceptors (Lipinski definition) is 4. The topological polar surface area (TPSA) is 73.2 Å². The Labute approximate surface area is 175 Å². The second-order valence-electron chi connectivity index (χ2n) is 7.52. The van der Waals surface area contributed by atoms with Gasteiger partial charge in [-0.3, -0.25) is 9.59 Å². The van der Waals surface area contributed by atoms with Crippen LogP contribution in [-0.4, -0.2) is 21.6 Å². The van der Waals surface area contributed by atoms with Gasteiger partial charge < -0.3 is 14.6 Å². The maximum atomic E-state index is 12.8.